The molecule has 0 aliphatic heterocycles. The van der Waals surface area contributed by atoms with E-state index in [2.05, 4.69) is 26.2 Å². The third-order valence-electron chi connectivity index (χ3n) is 3.79. The van der Waals surface area contributed by atoms with Crippen LogP contribution in [0.3, 0.4) is 0 Å². The van der Waals surface area contributed by atoms with Gasteiger partial charge in [-0.2, -0.15) is 0 Å². The molecule has 29 heavy (non-hydrogen) atoms. The summed E-state index contributed by atoms with van der Waals surface area (Å²) in [6.45, 7) is 0.441. The number of carbonyl (C=O) groups is 2. The van der Waals surface area contributed by atoms with Gasteiger partial charge in [-0.25, -0.2) is 14.6 Å². The first kappa shape index (κ1) is 22.3. The summed E-state index contributed by atoms with van der Waals surface area (Å²) in [6.07, 6.45) is 1.82. The highest BCUT2D eigenvalue weighted by molar-refractivity contribution is 9.10. The molecule has 10 heteroatoms. The van der Waals surface area contributed by atoms with Crippen molar-refractivity contribution in [3.05, 3.63) is 63.7 Å². The van der Waals surface area contributed by atoms with Gasteiger partial charge in [0.25, 0.3) is 0 Å². The standard InChI is InChI=1S/C17H15BrClN3O.C2H2O4/c1-22-15(11-2-4-13(18)5-3-11)10-21-17(22)20-9-12-8-14(19)6-7-16(12)23;3-1(4)2(5)6/h2-8,10,23H,9H2,1H3,(H,20,21);(H,3,4)(H,5,6). The molecule has 1 heterocycles. The lowest BCUT2D eigenvalue weighted by Crippen LogP contribution is -2.09. The van der Waals surface area contributed by atoms with Gasteiger partial charge in [-0.1, -0.05) is 39.7 Å². The van der Waals surface area contributed by atoms with E-state index in [1.807, 2.05) is 42.1 Å². The van der Waals surface area contributed by atoms with E-state index >= 15 is 0 Å². The second-order valence-electron chi connectivity index (χ2n) is 5.77. The lowest BCUT2D eigenvalue weighted by molar-refractivity contribution is -0.159. The van der Waals surface area contributed by atoms with E-state index in [4.69, 9.17) is 31.4 Å². The Kier molecular flexibility index (Phi) is 7.63. The van der Waals surface area contributed by atoms with E-state index in [-0.39, 0.29) is 5.75 Å². The summed E-state index contributed by atoms with van der Waals surface area (Å²) >= 11 is 9.40. The van der Waals surface area contributed by atoms with Crippen LogP contribution in [-0.4, -0.2) is 36.8 Å². The minimum absolute atomic E-state index is 0.212. The molecule has 0 saturated carbocycles. The molecule has 0 atom stereocenters. The van der Waals surface area contributed by atoms with Crippen molar-refractivity contribution in [3.8, 4) is 17.0 Å². The number of hydrogen-bond acceptors (Lipinski definition) is 5. The number of phenols is 1. The van der Waals surface area contributed by atoms with E-state index in [1.165, 1.54) is 0 Å². The van der Waals surface area contributed by atoms with Crippen molar-refractivity contribution in [2.24, 2.45) is 7.05 Å². The molecule has 152 valence electrons. The maximum Gasteiger partial charge on any atom is 0.414 e. The van der Waals surface area contributed by atoms with Crippen molar-refractivity contribution in [2.45, 2.75) is 6.54 Å². The van der Waals surface area contributed by atoms with Crippen LogP contribution < -0.4 is 5.32 Å². The Labute approximate surface area is 179 Å². The van der Waals surface area contributed by atoms with Crippen molar-refractivity contribution in [1.82, 2.24) is 9.55 Å². The molecule has 3 aromatic rings. The van der Waals surface area contributed by atoms with Crippen molar-refractivity contribution in [3.63, 3.8) is 0 Å². The molecular formula is C19H17BrClN3O5. The Morgan fingerprint density at radius 1 is 1.14 bits per heavy atom. The van der Waals surface area contributed by atoms with E-state index in [1.54, 1.807) is 18.2 Å². The van der Waals surface area contributed by atoms with Gasteiger partial charge < -0.3 is 25.2 Å². The van der Waals surface area contributed by atoms with Crippen LogP contribution >= 0.6 is 27.5 Å². The first-order chi connectivity index (χ1) is 13.7. The third-order valence-corrected chi connectivity index (χ3v) is 4.55. The molecule has 8 nitrogen and oxygen atoms in total. The molecule has 0 radical (unpaired) electrons. The van der Waals surface area contributed by atoms with Crippen molar-refractivity contribution in [2.75, 3.05) is 5.32 Å². The van der Waals surface area contributed by atoms with Crippen LogP contribution in [0.4, 0.5) is 5.95 Å². The molecule has 0 bridgehead atoms. The van der Waals surface area contributed by atoms with Gasteiger partial charge >= 0.3 is 11.9 Å². The molecule has 2 aromatic carbocycles. The Hall–Kier alpha value is -3.04. The summed E-state index contributed by atoms with van der Waals surface area (Å²) in [5.41, 5.74) is 2.82. The van der Waals surface area contributed by atoms with Crippen LogP contribution in [0.1, 0.15) is 5.56 Å². The molecule has 0 amide bonds. The number of halogens is 2. The molecule has 0 spiro atoms. The average molecular weight is 483 g/mol. The zero-order chi connectivity index (χ0) is 21.6. The first-order valence-corrected chi connectivity index (χ1v) is 9.31. The number of phenolic OH excluding ortho intramolecular Hbond substituents is 1. The number of aliphatic carboxylic acids is 2. The number of aromatic hydroxyl groups is 1. The number of carboxylic acid groups (broad SMARTS) is 2. The molecule has 0 fully saturated rings. The number of imidazole rings is 1. The molecule has 4 N–H and O–H groups in total. The van der Waals surface area contributed by atoms with E-state index in [9.17, 15) is 5.11 Å². The smallest absolute Gasteiger partial charge is 0.414 e. The Balaban J connectivity index is 0.000000438. The Morgan fingerprint density at radius 3 is 2.34 bits per heavy atom. The van der Waals surface area contributed by atoms with Gasteiger partial charge in [0.1, 0.15) is 5.75 Å². The zero-order valence-electron chi connectivity index (χ0n) is 15.1. The van der Waals surface area contributed by atoms with Crippen LogP contribution in [0.2, 0.25) is 5.02 Å². The summed E-state index contributed by atoms with van der Waals surface area (Å²) in [4.78, 5) is 22.6. The van der Waals surface area contributed by atoms with Gasteiger partial charge in [0.05, 0.1) is 11.9 Å². The van der Waals surface area contributed by atoms with E-state index < -0.39 is 11.9 Å². The number of nitrogens with zero attached hydrogens (tertiary/aromatic N) is 2. The number of anilines is 1. The number of hydrogen-bond donors (Lipinski definition) is 4. The van der Waals surface area contributed by atoms with Gasteiger partial charge in [-0.05, 0) is 35.9 Å². The molecular weight excluding hydrogens is 466 g/mol. The van der Waals surface area contributed by atoms with Gasteiger partial charge in [0, 0.05) is 28.7 Å². The fraction of sp³-hybridized carbons (Fsp3) is 0.105. The average Bonchev–Trinajstić information content (AvgIpc) is 3.04. The first-order valence-electron chi connectivity index (χ1n) is 8.14. The minimum Gasteiger partial charge on any atom is -0.508 e. The molecule has 0 aliphatic carbocycles. The maximum absolute atomic E-state index is 9.86. The minimum atomic E-state index is -1.82. The highest BCUT2D eigenvalue weighted by Gasteiger charge is 2.09. The van der Waals surface area contributed by atoms with Crippen molar-refractivity contribution < 1.29 is 24.9 Å². The van der Waals surface area contributed by atoms with Crippen molar-refractivity contribution >= 4 is 45.4 Å². The Bertz CT molecular complexity index is 1010. The maximum atomic E-state index is 9.86. The second kappa shape index (κ2) is 9.94. The van der Waals surface area contributed by atoms with Gasteiger partial charge in [-0.15, -0.1) is 0 Å². The third kappa shape index (κ3) is 6.23. The predicted octanol–water partition coefficient (Wildman–Crippen LogP) is 3.98. The lowest BCUT2D eigenvalue weighted by Gasteiger charge is -2.10. The summed E-state index contributed by atoms with van der Waals surface area (Å²) in [5.74, 6) is -2.71. The summed E-state index contributed by atoms with van der Waals surface area (Å²) in [5, 5.41) is 28.5. The monoisotopic (exact) mass is 481 g/mol. The summed E-state index contributed by atoms with van der Waals surface area (Å²) < 4.78 is 3.02. The van der Waals surface area contributed by atoms with Crippen LogP contribution in [-0.2, 0) is 23.2 Å². The van der Waals surface area contributed by atoms with Crippen LogP contribution in [0.25, 0.3) is 11.3 Å². The van der Waals surface area contributed by atoms with E-state index in [0.717, 1.165) is 27.2 Å². The highest BCUT2D eigenvalue weighted by Crippen LogP contribution is 2.25. The molecule has 0 unspecified atom stereocenters. The predicted molar refractivity (Wildman–Crippen MR) is 112 cm³/mol. The molecule has 0 aliphatic rings. The summed E-state index contributed by atoms with van der Waals surface area (Å²) in [6, 6.07) is 13.1. The lowest BCUT2D eigenvalue weighted by atomic mass is 10.2. The number of aromatic nitrogens is 2. The van der Waals surface area contributed by atoms with Crippen LogP contribution in [0.5, 0.6) is 5.75 Å². The van der Waals surface area contributed by atoms with Crippen molar-refractivity contribution in [1.29, 1.82) is 0 Å². The Morgan fingerprint density at radius 2 is 1.76 bits per heavy atom. The quantitative estimate of drug-likeness (QED) is 0.415. The fourth-order valence-corrected chi connectivity index (χ4v) is 2.79. The largest absolute Gasteiger partial charge is 0.508 e. The van der Waals surface area contributed by atoms with Gasteiger partial charge in [-0.3, -0.25) is 0 Å². The van der Waals surface area contributed by atoms with E-state index in [0.29, 0.717) is 11.6 Å². The van der Waals surface area contributed by atoms with Gasteiger partial charge in [0.15, 0.2) is 0 Å². The number of nitrogens with one attached hydrogen (secondary N) is 1. The second-order valence-corrected chi connectivity index (χ2v) is 7.12. The molecule has 1 aromatic heterocycles. The van der Waals surface area contributed by atoms with Crippen LogP contribution in [0, 0.1) is 0 Å². The topological polar surface area (TPSA) is 125 Å². The van der Waals surface area contributed by atoms with Gasteiger partial charge in [0.2, 0.25) is 5.95 Å². The molecule has 3 rings (SSSR count). The molecule has 0 saturated heterocycles. The normalized spacial score (nSPS) is 10.0. The fourth-order valence-electron chi connectivity index (χ4n) is 2.33. The number of benzene rings is 2. The highest BCUT2D eigenvalue weighted by atomic mass is 79.9. The number of carboxylic acids is 2. The zero-order valence-corrected chi connectivity index (χ0v) is 17.5. The SMILES string of the molecule is Cn1c(-c2ccc(Br)cc2)cnc1NCc1cc(Cl)ccc1O.O=C(O)C(=O)O. The summed E-state index contributed by atoms with van der Waals surface area (Å²) in [7, 11) is 1.95. The number of rotatable bonds is 4. The van der Waals surface area contributed by atoms with Crippen LogP contribution in [0.15, 0.2) is 53.1 Å².